The van der Waals surface area contributed by atoms with Crippen LogP contribution in [0, 0.1) is 0 Å². The molecule has 4 heterocycles. The van der Waals surface area contributed by atoms with Gasteiger partial charge in [-0.25, -0.2) is 19.9 Å². The Morgan fingerprint density at radius 2 is 1.05 bits per heavy atom. The molecule has 1 aliphatic carbocycles. The lowest BCUT2D eigenvalue weighted by atomic mass is 9.83. The summed E-state index contributed by atoms with van der Waals surface area (Å²) in [5, 5.41) is 0.317. The van der Waals surface area contributed by atoms with Crippen LogP contribution in [-0.4, -0.2) is 37.0 Å². The van der Waals surface area contributed by atoms with E-state index in [1.165, 1.54) is 26.5 Å². The number of hydrogen-bond donors (Lipinski definition) is 0. The Bertz CT molecular complexity index is 2780. The molecule has 4 atom stereocenters. The number of aliphatic imine (C=N–C) groups is 2. The summed E-state index contributed by atoms with van der Waals surface area (Å²) in [5.74, 6) is 3.00. The fraction of sp³-hybridized carbons (Fsp3) is 0.0816. The largest absolute Gasteiger partial charge is 0.256 e. The van der Waals surface area contributed by atoms with Crippen LogP contribution in [0.1, 0.15) is 28.7 Å². The summed E-state index contributed by atoms with van der Waals surface area (Å²) in [5.41, 5.74) is 11.2. The van der Waals surface area contributed by atoms with Crippen LogP contribution in [-0.2, 0) is 0 Å². The van der Waals surface area contributed by atoms with E-state index in [1.54, 1.807) is 0 Å². The van der Waals surface area contributed by atoms with E-state index in [0.29, 0.717) is 17.5 Å². The van der Waals surface area contributed by atoms with E-state index >= 15 is 0 Å². The van der Waals surface area contributed by atoms with Gasteiger partial charge in [-0.2, -0.15) is 0 Å². The molecule has 56 heavy (non-hydrogen) atoms. The van der Waals surface area contributed by atoms with Crippen molar-refractivity contribution < 1.29 is 0 Å². The van der Waals surface area contributed by atoms with Crippen molar-refractivity contribution >= 4 is 35.1 Å². The first kappa shape index (κ1) is 33.2. The first-order chi connectivity index (χ1) is 27.7. The number of benzene rings is 6. The van der Waals surface area contributed by atoms with E-state index in [9.17, 15) is 0 Å². The topological polar surface area (TPSA) is 63.4 Å². The zero-order chi connectivity index (χ0) is 37.0. The number of rotatable bonds is 6. The molecule has 0 saturated heterocycles. The first-order valence-electron chi connectivity index (χ1n) is 18.9. The van der Waals surface area contributed by atoms with Gasteiger partial charge in [-0.3, -0.25) is 4.99 Å². The molecular formula is C49H33N5S2. The maximum absolute atomic E-state index is 5.40. The number of fused-ring (bicyclic) bond motifs is 6. The lowest BCUT2D eigenvalue weighted by molar-refractivity contribution is 0.765. The van der Waals surface area contributed by atoms with Gasteiger partial charge >= 0.3 is 0 Å². The fourth-order valence-corrected chi connectivity index (χ4v) is 11.1. The van der Waals surface area contributed by atoms with E-state index in [-0.39, 0.29) is 22.5 Å². The molecular weight excluding hydrogens is 723 g/mol. The smallest absolute Gasteiger partial charge is 0.164 e. The molecule has 4 aliphatic rings. The van der Waals surface area contributed by atoms with Gasteiger partial charge in [0.15, 0.2) is 23.3 Å². The highest BCUT2D eigenvalue weighted by molar-refractivity contribution is 8.01. The van der Waals surface area contributed by atoms with E-state index in [2.05, 4.69) is 146 Å². The van der Waals surface area contributed by atoms with Crippen molar-refractivity contribution in [2.24, 2.45) is 9.98 Å². The molecule has 0 saturated carbocycles. The summed E-state index contributed by atoms with van der Waals surface area (Å²) < 4.78 is 0. The standard InChI is InChI=1S/C49H33N5S2/c1-4-14-30(15-5-1)33-20-12-21-34(28-33)48-52-47(32-18-8-3-9-19-32)53-49(54-48)35-26-27-36-37-23-13-24-39(44(37)56-41(36)29-35)43-45-42(38-22-10-11-25-40(38)55-45)50-46(51-43)31-16-6-2-7-17-31/h1-29,37,42,44-45H. The van der Waals surface area contributed by atoms with Crippen LogP contribution in [0.5, 0.6) is 0 Å². The highest BCUT2D eigenvalue weighted by atomic mass is 32.2. The molecule has 0 radical (unpaired) electrons. The minimum atomic E-state index is 0.0229. The monoisotopic (exact) mass is 755 g/mol. The van der Waals surface area contributed by atoms with Crippen LogP contribution in [0.3, 0.4) is 0 Å². The summed E-state index contributed by atoms with van der Waals surface area (Å²) in [6, 6.07) is 54.9. The van der Waals surface area contributed by atoms with Crippen molar-refractivity contribution in [1.29, 1.82) is 0 Å². The van der Waals surface area contributed by atoms with Crippen LogP contribution in [0.2, 0.25) is 0 Å². The van der Waals surface area contributed by atoms with Crippen LogP contribution >= 0.6 is 23.5 Å². The highest BCUT2D eigenvalue weighted by Crippen LogP contribution is 2.55. The van der Waals surface area contributed by atoms with Gasteiger partial charge in [0.2, 0.25) is 0 Å². The average Bonchev–Trinajstić information content (AvgIpc) is 3.85. The van der Waals surface area contributed by atoms with Crippen molar-refractivity contribution in [3.8, 4) is 45.3 Å². The van der Waals surface area contributed by atoms with Crippen LogP contribution < -0.4 is 0 Å². The number of nitrogens with zero attached hydrogens (tertiary/aromatic N) is 5. The lowest BCUT2D eigenvalue weighted by Gasteiger charge is -2.30. The van der Waals surface area contributed by atoms with Gasteiger partial charge < -0.3 is 0 Å². The summed E-state index contributed by atoms with van der Waals surface area (Å²) in [6.45, 7) is 0. The second-order valence-electron chi connectivity index (χ2n) is 14.3. The summed E-state index contributed by atoms with van der Waals surface area (Å²) >= 11 is 3.83. The maximum atomic E-state index is 5.40. The second kappa shape index (κ2) is 13.9. The Hall–Kier alpha value is -6.15. The third-order valence-electron chi connectivity index (χ3n) is 10.9. The van der Waals surface area contributed by atoms with Gasteiger partial charge in [-0.15, -0.1) is 23.5 Å². The molecule has 7 aromatic rings. The Kier molecular flexibility index (Phi) is 8.22. The van der Waals surface area contributed by atoms with Gasteiger partial charge in [0.1, 0.15) is 0 Å². The van der Waals surface area contributed by atoms with Crippen molar-refractivity contribution in [3.05, 3.63) is 198 Å². The van der Waals surface area contributed by atoms with Gasteiger partial charge in [-0.05, 0) is 46.0 Å². The SMILES string of the molecule is C1=CC2c3ccc(-c4nc(-c5ccccc5)nc(-c5cccc(-c6ccccc6)c5)n4)cc3SC2C(C2=NC(c3ccccc3)=NC3c4ccccc4SC23)=C1. The number of allylic oxidation sites excluding steroid dienone is 3. The molecule has 3 aliphatic heterocycles. The molecule has 0 fully saturated rings. The normalized spacial score (nSPS) is 20.2. The number of thioether (sulfide) groups is 2. The zero-order valence-corrected chi connectivity index (χ0v) is 31.7. The van der Waals surface area contributed by atoms with E-state index in [1.807, 2.05) is 53.9 Å². The molecule has 1 aromatic heterocycles. The minimum absolute atomic E-state index is 0.0229. The van der Waals surface area contributed by atoms with Gasteiger partial charge in [0.25, 0.3) is 0 Å². The number of hydrogen-bond acceptors (Lipinski definition) is 7. The van der Waals surface area contributed by atoms with Crippen molar-refractivity contribution in [2.45, 2.75) is 32.3 Å². The Morgan fingerprint density at radius 1 is 0.446 bits per heavy atom. The third-order valence-corrected chi connectivity index (χ3v) is 13.6. The molecule has 0 amide bonds. The Morgan fingerprint density at radius 3 is 1.82 bits per heavy atom. The number of aromatic nitrogens is 3. The Labute approximate surface area is 334 Å². The lowest BCUT2D eigenvalue weighted by Crippen LogP contribution is -2.33. The average molecular weight is 756 g/mol. The third kappa shape index (κ3) is 5.86. The molecule has 0 spiro atoms. The quantitative estimate of drug-likeness (QED) is 0.169. The molecule has 6 aromatic carbocycles. The predicted molar refractivity (Wildman–Crippen MR) is 230 cm³/mol. The van der Waals surface area contributed by atoms with E-state index in [4.69, 9.17) is 24.9 Å². The van der Waals surface area contributed by atoms with Crippen LogP contribution in [0.4, 0.5) is 0 Å². The van der Waals surface area contributed by atoms with Crippen LogP contribution in [0.25, 0.3) is 45.3 Å². The molecule has 5 nitrogen and oxygen atoms in total. The van der Waals surface area contributed by atoms with Crippen molar-refractivity contribution in [1.82, 2.24) is 15.0 Å². The van der Waals surface area contributed by atoms with Gasteiger partial charge in [-0.1, -0.05) is 158 Å². The summed E-state index contributed by atoms with van der Waals surface area (Å²) in [7, 11) is 0. The first-order valence-corrected chi connectivity index (χ1v) is 20.6. The predicted octanol–water partition coefficient (Wildman–Crippen LogP) is 11.7. The van der Waals surface area contributed by atoms with Gasteiger partial charge in [0.05, 0.1) is 17.0 Å². The van der Waals surface area contributed by atoms with Gasteiger partial charge in [0, 0.05) is 43.2 Å². The van der Waals surface area contributed by atoms with E-state index < -0.39 is 0 Å². The van der Waals surface area contributed by atoms with E-state index in [0.717, 1.165) is 44.9 Å². The minimum Gasteiger partial charge on any atom is -0.256 e. The second-order valence-corrected chi connectivity index (χ2v) is 16.6. The van der Waals surface area contributed by atoms with Crippen LogP contribution in [0.15, 0.2) is 201 Å². The number of amidine groups is 1. The zero-order valence-electron chi connectivity index (χ0n) is 30.1. The molecule has 0 N–H and O–H groups in total. The Balaban J connectivity index is 0.965. The highest BCUT2D eigenvalue weighted by Gasteiger charge is 2.45. The van der Waals surface area contributed by atoms with Crippen molar-refractivity contribution in [2.75, 3.05) is 0 Å². The summed E-state index contributed by atoms with van der Waals surface area (Å²) in [6.07, 6.45) is 6.87. The fourth-order valence-electron chi connectivity index (χ4n) is 8.14. The molecule has 4 unspecified atom stereocenters. The summed E-state index contributed by atoms with van der Waals surface area (Å²) in [4.78, 5) is 28.5. The maximum Gasteiger partial charge on any atom is 0.164 e. The molecule has 0 bridgehead atoms. The molecule has 7 heteroatoms. The molecule has 266 valence electrons. The molecule has 11 rings (SSSR count). The van der Waals surface area contributed by atoms with Crippen molar-refractivity contribution in [3.63, 3.8) is 0 Å².